The zero-order valence-corrected chi connectivity index (χ0v) is 13.5. The van der Waals surface area contributed by atoms with Crippen molar-refractivity contribution in [2.24, 2.45) is 5.73 Å². The molecule has 0 aromatic heterocycles. The summed E-state index contributed by atoms with van der Waals surface area (Å²) in [5.74, 6) is -0.193. The average molecular weight is 327 g/mol. The number of hydrogen-bond acceptors (Lipinski definition) is 3. The molecule has 1 atom stereocenters. The Balaban J connectivity index is 0.00000242. The number of rotatable bonds is 4. The minimum atomic E-state index is -0.525. The Hall–Kier alpha value is -1.79. The van der Waals surface area contributed by atoms with Crippen molar-refractivity contribution in [1.82, 2.24) is 10.2 Å². The van der Waals surface area contributed by atoms with Crippen LogP contribution in [0.3, 0.4) is 0 Å². The van der Waals surface area contributed by atoms with Gasteiger partial charge < -0.3 is 21.3 Å². The van der Waals surface area contributed by atoms with Crippen molar-refractivity contribution in [3.63, 3.8) is 0 Å². The Morgan fingerprint density at radius 3 is 2.64 bits per heavy atom. The van der Waals surface area contributed by atoms with E-state index in [9.17, 15) is 9.59 Å². The molecule has 6 nitrogen and oxygen atoms in total. The highest BCUT2D eigenvalue weighted by Crippen LogP contribution is 2.14. The third-order valence-electron chi connectivity index (χ3n) is 3.45. The Bertz CT molecular complexity index is 516. The number of carbonyl (C=O) groups excluding carboxylic acids is 2. The summed E-state index contributed by atoms with van der Waals surface area (Å²) in [5, 5.41) is 5.63. The van der Waals surface area contributed by atoms with Gasteiger partial charge in [0.1, 0.15) is 0 Å². The van der Waals surface area contributed by atoms with Crippen LogP contribution < -0.4 is 16.4 Å². The van der Waals surface area contributed by atoms with Gasteiger partial charge in [0.15, 0.2) is 0 Å². The van der Waals surface area contributed by atoms with Gasteiger partial charge in [-0.3, -0.25) is 4.79 Å². The number of nitrogens with one attached hydrogen (secondary N) is 2. The predicted molar refractivity (Wildman–Crippen MR) is 89.0 cm³/mol. The molecule has 1 saturated heterocycles. The monoisotopic (exact) mass is 326 g/mol. The number of amides is 3. The van der Waals surface area contributed by atoms with E-state index in [1.165, 1.54) is 0 Å². The molecule has 3 amide bonds. The molecule has 122 valence electrons. The number of hydrogen-bond donors (Lipinski definition) is 3. The smallest absolute Gasteiger partial charge is 0.321 e. The van der Waals surface area contributed by atoms with Gasteiger partial charge in [0.2, 0.25) is 5.91 Å². The third-order valence-corrected chi connectivity index (χ3v) is 3.45. The summed E-state index contributed by atoms with van der Waals surface area (Å²) in [6.07, 6.45) is 2.13. The summed E-state index contributed by atoms with van der Waals surface area (Å²) in [7, 11) is 0. The van der Waals surface area contributed by atoms with Crippen LogP contribution in [0.5, 0.6) is 0 Å². The first-order valence-corrected chi connectivity index (χ1v) is 7.24. The fourth-order valence-electron chi connectivity index (χ4n) is 2.23. The van der Waals surface area contributed by atoms with Crippen LogP contribution in [0.15, 0.2) is 24.3 Å². The minimum absolute atomic E-state index is 0. The van der Waals surface area contributed by atoms with E-state index in [1.807, 2.05) is 29.2 Å². The summed E-state index contributed by atoms with van der Waals surface area (Å²) < 4.78 is 0. The molecule has 0 radical (unpaired) electrons. The summed E-state index contributed by atoms with van der Waals surface area (Å²) in [4.78, 5) is 25.3. The van der Waals surface area contributed by atoms with E-state index in [2.05, 4.69) is 10.6 Å². The van der Waals surface area contributed by atoms with E-state index in [4.69, 9.17) is 5.73 Å². The quantitative estimate of drug-likeness (QED) is 0.787. The Morgan fingerprint density at radius 2 is 2.00 bits per heavy atom. The van der Waals surface area contributed by atoms with Gasteiger partial charge in [0.25, 0.3) is 0 Å². The lowest BCUT2D eigenvalue weighted by atomic mass is 10.2. The standard InChI is InChI=1S/C15H22N4O2.ClH/c1-11(16)14(20)17-10-12-5-4-6-13(9-12)18-15(21)19-7-2-3-8-19;/h4-6,9,11H,2-3,7-8,10,16H2,1H3,(H,17,20)(H,18,21);1H/t11-;/m0./s1. The van der Waals surface area contributed by atoms with E-state index in [0.717, 1.165) is 37.2 Å². The SMILES string of the molecule is C[C@H](N)C(=O)NCc1cccc(NC(=O)N2CCCC2)c1.Cl. The number of urea groups is 1. The van der Waals surface area contributed by atoms with Gasteiger partial charge in [0.05, 0.1) is 6.04 Å². The lowest BCUT2D eigenvalue weighted by Crippen LogP contribution is -2.37. The van der Waals surface area contributed by atoms with Crippen LogP contribution >= 0.6 is 12.4 Å². The van der Waals surface area contributed by atoms with Crippen molar-refractivity contribution >= 4 is 30.0 Å². The third kappa shape index (κ3) is 5.20. The second kappa shape index (κ2) is 8.60. The number of nitrogens with zero attached hydrogens (tertiary/aromatic N) is 1. The maximum atomic E-state index is 12.0. The summed E-state index contributed by atoms with van der Waals surface area (Å²) in [6, 6.07) is 6.85. The molecule has 1 aromatic rings. The van der Waals surface area contributed by atoms with E-state index >= 15 is 0 Å². The molecule has 1 aliphatic rings. The molecule has 1 aliphatic heterocycles. The highest BCUT2D eigenvalue weighted by molar-refractivity contribution is 5.89. The van der Waals surface area contributed by atoms with Crippen molar-refractivity contribution in [2.75, 3.05) is 18.4 Å². The highest BCUT2D eigenvalue weighted by Gasteiger charge is 2.17. The van der Waals surface area contributed by atoms with Gasteiger partial charge in [0, 0.05) is 25.3 Å². The van der Waals surface area contributed by atoms with Crippen LogP contribution in [0.25, 0.3) is 0 Å². The van der Waals surface area contributed by atoms with Crippen LogP contribution in [0.4, 0.5) is 10.5 Å². The van der Waals surface area contributed by atoms with Crippen LogP contribution in [0.2, 0.25) is 0 Å². The molecule has 0 saturated carbocycles. The lowest BCUT2D eigenvalue weighted by molar-refractivity contribution is -0.122. The summed E-state index contributed by atoms with van der Waals surface area (Å²) in [6.45, 7) is 3.67. The van der Waals surface area contributed by atoms with Crippen molar-refractivity contribution < 1.29 is 9.59 Å². The molecule has 1 heterocycles. The van der Waals surface area contributed by atoms with Gasteiger partial charge in [-0.05, 0) is 37.5 Å². The maximum Gasteiger partial charge on any atom is 0.321 e. The number of nitrogens with two attached hydrogens (primary N) is 1. The van der Waals surface area contributed by atoms with E-state index in [0.29, 0.717) is 6.54 Å². The molecule has 0 aliphatic carbocycles. The number of benzene rings is 1. The van der Waals surface area contributed by atoms with Crippen LogP contribution in [-0.4, -0.2) is 36.0 Å². The van der Waals surface area contributed by atoms with Crippen molar-refractivity contribution in [1.29, 1.82) is 0 Å². The Labute approximate surface area is 136 Å². The van der Waals surface area contributed by atoms with E-state index in [-0.39, 0.29) is 24.3 Å². The first kappa shape index (κ1) is 18.3. The summed E-state index contributed by atoms with van der Waals surface area (Å²) in [5.41, 5.74) is 7.15. The second-order valence-corrected chi connectivity index (χ2v) is 5.33. The molecule has 0 bridgehead atoms. The molecular formula is C15H23ClN4O2. The normalized spacial score (nSPS) is 14.9. The number of likely N-dealkylation sites (tertiary alicyclic amines) is 1. The fourth-order valence-corrected chi connectivity index (χ4v) is 2.23. The van der Waals surface area contributed by atoms with Crippen LogP contribution in [0.1, 0.15) is 25.3 Å². The van der Waals surface area contributed by atoms with E-state index in [1.54, 1.807) is 6.92 Å². The molecule has 4 N–H and O–H groups in total. The maximum absolute atomic E-state index is 12.0. The van der Waals surface area contributed by atoms with Crippen molar-refractivity contribution in [3.8, 4) is 0 Å². The van der Waals surface area contributed by atoms with Crippen molar-refractivity contribution in [2.45, 2.75) is 32.4 Å². The van der Waals surface area contributed by atoms with Crippen molar-refractivity contribution in [3.05, 3.63) is 29.8 Å². The zero-order valence-electron chi connectivity index (χ0n) is 12.7. The van der Waals surface area contributed by atoms with Gasteiger partial charge >= 0.3 is 6.03 Å². The molecule has 22 heavy (non-hydrogen) atoms. The fraction of sp³-hybridized carbons (Fsp3) is 0.467. The Kier molecular flexibility index (Phi) is 7.14. The first-order valence-electron chi connectivity index (χ1n) is 7.24. The lowest BCUT2D eigenvalue weighted by Gasteiger charge is -2.16. The van der Waals surface area contributed by atoms with Gasteiger partial charge in [-0.1, -0.05) is 12.1 Å². The van der Waals surface area contributed by atoms with Gasteiger partial charge in [-0.15, -0.1) is 12.4 Å². The molecule has 0 spiro atoms. The topological polar surface area (TPSA) is 87.5 Å². The Morgan fingerprint density at radius 1 is 1.32 bits per heavy atom. The minimum Gasteiger partial charge on any atom is -0.351 e. The molecule has 7 heteroatoms. The number of halogens is 1. The average Bonchev–Trinajstić information content (AvgIpc) is 2.99. The van der Waals surface area contributed by atoms with Crippen LogP contribution in [0, 0.1) is 0 Å². The molecule has 0 unspecified atom stereocenters. The van der Waals surface area contributed by atoms with Gasteiger partial charge in [-0.25, -0.2) is 4.79 Å². The van der Waals surface area contributed by atoms with Crippen LogP contribution in [-0.2, 0) is 11.3 Å². The first-order chi connectivity index (χ1) is 10.1. The number of anilines is 1. The molecule has 1 aromatic carbocycles. The zero-order chi connectivity index (χ0) is 15.2. The molecular weight excluding hydrogens is 304 g/mol. The highest BCUT2D eigenvalue weighted by atomic mass is 35.5. The number of carbonyl (C=O) groups is 2. The molecule has 1 fully saturated rings. The molecule has 2 rings (SSSR count). The van der Waals surface area contributed by atoms with Gasteiger partial charge in [-0.2, -0.15) is 0 Å². The predicted octanol–water partition coefficient (Wildman–Crippen LogP) is 1.70. The largest absolute Gasteiger partial charge is 0.351 e. The second-order valence-electron chi connectivity index (χ2n) is 5.33. The van der Waals surface area contributed by atoms with E-state index < -0.39 is 6.04 Å². The summed E-state index contributed by atoms with van der Waals surface area (Å²) >= 11 is 0.